The van der Waals surface area contributed by atoms with Gasteiger partial charge in [0.05, 0.1) is 11.6 Å². The van der Waals surface area contributed by atoms with Crippen molar-refractivity contribution >= 4 is 28.3 Å². The molecule has 166 valence electrons. The Morgan fingerprint density at radius 3 is 2.44 bits per heavy atom. The largest absolute Gasteiger partial charge is 0.338 e. The lowest BCUT2D eigenvalue weighted by atomic mass is 9.96. The number of benzene rings is 2. The van der Waals surface area contributed by atoms with Gasteiger partial charge in [0.25, 0.3) is 5.91 Å². The van der Waals surface area contributed by atoms with Crippen molar-refractivity contribution in [3.63, 3.8) is 0 Å². The number of hydrogen-bond acceptors (Lipinski definition) is 4. The summed E-state index contributed by atoms with van der Waals surface area (Å²) in [5.41, 5.74) is 2.21. The lowest BCUT2D eigenvalue weighted by Gasteiger charge is -2.32. The zero-order valence-electron chi connectivity index (χ0n) is 17.6. The van der Waals surface area contributed by atoms with Gasteiger partial charge in [0, 0.05) is 30.0 Å². The Labute approximate surface area is 189 Å². The summed E-state index contributed by atoms with van der Waals surface area (Å²) < 4.78 is 26.3. The minimum Gasteiger partial charge on any atom is -0.338 e. The summed E-state index contributed by atoms with van der Waals surface area (Å²) in [7, 11) is 0. The van der Waals surface area contributed by atoms with E-state index < -0.39 is 5.82 Å². The number of carbonyl (C=O) groups is 2. The summed E-state index contributed by atoms with van der Waals surface area (Å²) in [6, 6.07) is 11.8. The minimum absolute atomic E-state index is 0.163. The van der Waals surface area contributed by atoms with Crippen molar-refractivity contribution in [1.82, 2.24) is 9.88 Å². The fraction of sp³-hybridized carbons (Fsp3) is 0.292. The average Bonchev–Trinajstić information content (AvgIpc) is 3.13. The number of likely N-dealkylation sites (tertiary alicyclic amines) is 1. The topological polar surface area (TPSA) is 62.3 Å². The second-order valence-corrected chi connectivity index (χ2v) is 9.00. The first kappa shape index (κ1) is 22.1. The fourth-order valence-electron chi connectivity index (χ4n) is 3.79. The number of aryl methyl sites for hydroxylation is 1. The Kier molecular flexibility index (Phi) is 6.60. The van der Waals surface area contributed by atoms with Crippen LogP contribution in [0.2, 0.25) is 0 Å². The molecule has 0 saturated carbocycles. The Morgan fingerprint density at radius 1 is 1.09 bits per heavy atom. The van der Waals surface area contributed by atoms with Gasteiger partial charge in [-0.25, -0.2) is 13.8 Å². The molecule has 1 unspecified atom stereocenters. The molecule has 8 heteroatoms. The van der Waals surface area contributed by atoms with Crippen LogP contribution in [-0.4, -0.2) is 34.8 Å². The van der Waals surface area contributed by atoms with Crippen molar-refractivity contribution in [3.8, 4) is 0 Å². The first-order chi connectivity index (χ1) is 15.4. The van der Waals surface area contributed by atoms with E-state index >= 15 is 0 Å². The van der Waals surface area contributed by atoms with Gasteiger partial charge >= 0.3 is 0 Å². The number of halogens is 2. The Bertz CT molecular complexity index is 1110. The predicted molar refractivity (Wildman–Crippen MR) is 120 cm³/mol. The van der Waals surface area contributed by atoms with E-state index in [2.05, 4.69) is 10.3 Å². The van der Waals surface area contributed by atoms with Crippen molar-refractivity contribution in [1.29, 1.82) is 0 Å². The molecular formula is C24H23F2N3O2S. The summed E-state index contributed by atoms with van der Waals surface area (Å²) >= 11 is 1.40. The number of aromatic nitrogens is 1. The number of piperidine rings is 1. The standard InChI is InChI=1S/C24H23F2N3O2S/c1-15-21(13-16-4-8-19(25)9-5-16)32-24(27-15)28-22(30)18-3-2-12-29(14-18)23(31)17-6-10-20(26)11-7-17/h4-11,18H,2-3,12-14H2,1H3,(H,27,28,30). The Hall–Kier alpha value is -3.13. The molecule has 1 N–H and O–H groups in total. The van der Waals surface area contributed by atoms with E-state index in [9.17, 15) is 18.4 Å². The second kappa shape index (κ2) is 9.56. The van der Waals surface area contributed by atoms with Crippen LogP contribution in [0.5, 0.6) is 0 Å². The Morgan fingerprint density at radius 2 is 1.75 bits per heavy atom. The van der Waals surface area contributed by atoms with Gasteiger partial charge in [0.2, 0.25) is 5.91 Å². The molecule has 0 spiro atoms. The average molecular weight is 456 g/mol. The zero-order valence-corrected chi connectivity index (χ0v) is 18.4. The van der Waals surface area contributed by atoms with E-state index in [4.69, 9.17) is 0 Å². The smallest absolute Gasteiger partial charge is 0.253 e. The molecule has 1 aliphatic heterocycles. The van der Waals surface area contributed by atoms with Gasteiger partial charge in [-0.3, -0.25) is 9.59 Å². The molecule has 2 aromatic carbocycles. The monoisotopic (exact) mass is 455 g/mol. The van der Waals surface area contributed by atoms with Crippen molar-refractivity contribution in [3.05, 3.63) is 81.9 Å². The van der Waals surface area contributed by atoms with Crippen molar-refractivity contribution < 1.29 is 18.4 Å². The summed E-state index contributed by atoms with van der Waals surface area (Å²) in [5, 5.41) is 3.42. The van der Waals surface area contributed by atoms with Gasteiger partial charge in [0.15, 0.2) is 5.13 Å². The molecule has 3 aromatic rings. The number of hydrogen-bond donors (Lipinski definition) is 1. The van der Waals surface area contributed by atoms with E-state index in [0.29, 0.717) is 36.6 Å². The molecule has 1 fully saturated rings. The van der Waals surface area contributed by atoms with Crippen molar-refractivity contribution in [2.75, 3.05) is 18.4 Å². The lowest BCUT2D eigenvalue weighted by Crippen LogP contribution is -2.43. The van der Waals surface area contributed by atoms with Crippen LogP contribution in [0.3, 0.4) is 0 Å². The first-order valence-electron chi connectivity index (χ1n) is 10.5. The number of anilines is 1. The van der Waals surface area contributed by atoms with Crippen LogP contribution >= 0.6 is 11.3 Å². The van der Waals surface area contributed by atoms with Crippen LogP contribution < -0.4 is 5.32 Å². The highest BCUT2D eigenvalue weighted by Gasteiger charge is 2.29. The van der Waals surface area contributed by atoms with Crippen LogP contribution in [-0.2, 0) is 11.2 Å². The molecule has 1 aliphatic rings. The van der Waals surface area contributed by atoms with Crippen LogP contribution in [0.25, 0.3) is 0 Å². The SMILES string of the molecule is Cc1nc(NC(=O)C2CCCN(C(=O)c3ccc(F)cc3)C2)sc1Cc1ccc(F)cc1. The maximum absolute atomic E-state index is 13.1. The van der Waals surface area contributed by atoms with Crippen molar-refractivity contribution in [2.45, 2.75) is 26.2 Å². The molecule has 1 saturated heterocycles. The molecule has 5 nitrogen and oxygen atoms in total. The Balaban J connectivity index is 1.38. The third-order valence-corrected chi connectivity index (χ3v) is 6.64. The van der Waals surface area contributed by atoms with Crippen LogP contribution in [0.15, 0.2) is 48.5 Å². The van der Waals surface area contributed by atoms with E-state index in [0.717, 1.165) is 22.6 Å². The van der Waals surface area contributed by atoms with Crippen LogP contribution in [0.1, 0.15) is 39.3 Å². The van der Waals surface area contributed by atoms with E-state index in [1.807, 2.05) is 6.92 Å². The van der Waals surface area contributed by atoms with Gasteiger partial charge in [-0.1, -0.05) is 12.1 Å². The number of thiazole rings is 1. The highest BCUT2D eigenvalue weighted by molar-refractivity contribution is 7.15. The first-order valence-corrected chi connectivity index (χ1v) is 11.3. The third-order valence-electron chi connectivity index (χ3n) is 5.57. The number of rotatable bonds is 5. The summed E-state index contributed by atoms with van der Waals surface area (Å²) in [4.78, 5) is 32.7. The minimum atomic E-state index is -0.394. The zero-order chi connectivity index (χ0) is 22.7. The number of amides is 2. The molecule has 2 amide bonds. The number of carbonyl (C=O) groups excluding carboxylic acids is 2. The molecule has 2 heterocycles. The summed E-state index contributed by atoms with van der Waals surface area (Å²) in [6.07, 6.45) is 2.02. The molecular weight excluding hydrogens is 432 g/mol. The van der Waals surface area contributed by atoms with Gasteiger partial charge in [-0.15, -0.1) is 11.3 Å². The van der Waals surface area contributed by atoms with E-state index in [1.165, 1.54) is 47.7 Å². The molecule has 0 bridgehead atoms. The maximum atomic E-state index is 13.1. The van der Waals surface area contributed by atoms with E-state index in [-0.39, 0.29) is 23.5 Å². The van der Waals surface area contributed by atoms with E-state index in [1.54, 1.807) is 17.0 Å². The lowest BCUT2D eigenvalue weighted by molar-refractivity contribution is -0.121. The fourth-order valence-corrected chi connectivity index (χ4v) is 4.79. The third kappa shape index (κ3) is 5.19. The molecule has 4 rings (SSSR count). The highest BCUT2D eigenvalue weighted by Crippen LogP contribution is 2.27. The molecule has 1 atom stereocenters. The highest BCUT2D eigenvalue weighted by atomic mass is 32.1. The predicted octanol–water partition coefficient (Wildman–Crippen LogP) is 4.81. The molecule has 0 aliphatic carbocycles. The molecule has 1 aromatic heterocycles. The van der Waals surface area contributed by atoms with Crippen LogP contribution in [0.4, 0.5) is 13.9 Å². The maximum Gasteiger partial charge on any atom is 0.253 e. The number of nitrogens with one attached hydrogen (secondary N) is 1. The second-order valence-electron chi connectivity index (χ2n) is 7.92. The van der Waals surface area contributed by atoms with Crippen LogP contribution in [0, 0.1) is 24.5 Å². The van der Waals surface area contributed by atoms with Gasteiger partial charge < -0.3 is 10.2 Å². The molecule has 32 heavy (non-hydrogen) atoms. The molecule has 0 radical (unpaired) electrons. The summed E-state index contributed by atoms with van der Waals surface area (Å²) in [6.45, 7) is 2.77. The number of nitrogens with zero attached hydrogens (tertiary/aromatic N) is 2. The van der Waals surface area contributed by atoms with Crippen molar-refractivity contribution in [2.24, 2.45) is 5.92 Å². The summed E-state index contributed by atoms with van der Waals surface area (Å²) in [5.74, 6) is -1.37. The van der Waals surface area contributed by atoms with Gasteiger partial charge in [0.1, 0.15) is 11.6 Å². The van der Waals surface area contributed by atoms with Gasteiger partial charge in [-0.2, -0.15) is 0 Å². The normalized spacial score (nSPS) is 16.1. The van der Waals surface area contributed by atoms with Gasteiger partial charge in [-0.05, 0) is 61.7 Å². The quantitative estimate of drug-likeness (QED) is 0.601.